The molecule has 146 valence electrons. The summed E-state index contributed by atoms with van der Waals surface area (Å²) in [5, 5.41) is 4.76. The number of aromatic nitrogens is 2. The van der Waals surface area contributed by atoms with Crippen molar-refractivity contribution in [1.82, 2.24) is 15.0 Å². The molecule has 2 aromatic rings. The van der Waals surface area contributed by atoms with Crippen LogP contribution in [-0.2, 0) is 4.79 Å². The first-order chi connectivity index (χ1) is 13.1. The van der Waals surface area contributed by atoms with Crippen molar-refractivity contribution in [3.05, 3.63) is 35.2 Å². The lowest BCUT2D eigenvalue weighted by Gasteiger charge is -2.33. The molecule has 1 aromatic heterocycles. The van der Waals surface area contributed by atoms with Gasteiger partial charge in [-0.2, -0.15) is 4.98 Å². The van der Waals surface area contributed by atoms with Gasteiger partial charge in [0.15, 0.2) is 0 Å². The van der Waals surface area contributed by atoms with Gasteiger partial charge in [-0.3, -0.25) is 4.79 Å². The highest BCUT2D eigenvalue weighted by atomic mass is 35.5. The van der Waals surface area contributed by atoms with Crippen LogP contribution in [0.4, 0.5) is 0 Å². The highest BCUT2D eigenvalue weighted by molar-refractivity contribution is 6.30. The van der Waals surface area contributed by atoms with Gasteiger partial charge in [-0.15, -0.1) is 0 Å². The molecule has 6 heteroatoms. The van der Waals surface area contributed by atoms with Gasteiger partial charge in [0, 0.05) is 35.5 Å². The summed E-state index contributed by atoms with van der Waals surface area (Å²) in [5.74, 6) is 1.92. The molecular weight excluding hydrogens is 362 g/mol. The Balaban J connectivity index is 1.59. The molecule has 0 bridgehead atoms. The molecule has 5 nitrogen and oxygen atoms in total. The van der Waals surface area contributed by atoms with Crippen molar-refractivity contribution in [2.24, 2.45) is 5.92 Å². The van der Waals surface area contributed by atoms with Crippen molar-refractivity contribution >= 4 is 17.5 Å². The van der Waals surface area contributed by atoms with Crippen LogP contribution >= 0.6 is 11.6 Å². The number of carbonyl (C=O) groups is 1. The number of likely N-dealkylation sites (tertiary alicyclic amines) is 1. The average molecular weight is 390 g/mol. The summed E-state index contributed by atoms with van der Waals surface area (Å²) in [6.45, 7) is 5.81. The van der Waals surface area contributed by atoms with Gasteiger partial charge in [0.25, 0.3) is 0 Å². The Bertz CT molecular complexity index is 753. The van der Waals surface area contributed by atoms with Gasteiger partial charge >= 0.3 is 0 Å². The molecule has 1 atom stereocenters. The van der Waals surface area contributed by atoms with Crippen molar-refractivity contribution in [1.29, 1.82) is 0 Å². The summed E-state index contributed by atoms with van der Waals surface area (Å²) in [6, 6.07) is 7.45. The topological polar surface area (TPSA) is 59.2 Å². The lowest BCUT2D eigenvalue weighted by atomic mass is 9.93. The predicted octanol–water partition coefficient (Wildman–Crippen LogP) is 5.31. The van der Waals surface area contributed by atoms with E-state index in [-0.39, 0.29) is 11.8 Å². The lowest BCUT2D eigenvalue weighted by molar-refractivity contribution is -0.137. The molecule has 1 amide bonds. The summed E-state index contributed by atoms with van der Waals surface area (Å²) in [4.78, 5) is 19.4. The number of halogens is 1. The number of piperidine rings is 1. The molecule has 1 aromatic carbocycles. The SMILES string of the molecule is CCCCC(CC)C(=O)N1CCC(c2nc(-c3cccc(Cl)c3)no2)CC1. The van der Waals surface area contributed by atoms with Crippen LogP contribution in [0, 0.1) is 5.92 Å². The number of rotatable bonds is 7. The second-order valence-electron chi connectivity index (χ2n) is 7.31. The molecule has 0 aliphatic carbocycles. The van der Waals surface area contributed by atoms with Crippen molar-refractivity contribution < 1.29 is 9.32 Å². The quantitative estimate of drug-likeness (QED) is 0.643. The van der Waals surface area contributed by atoms with E-state index >= 15 is 0 Å². The summed E-state index contributed by atoms with van der Waals surface area (Å²) in [7, 11) is 0. The third kappa shape index (κ3) is 4.89. The van der Waals surface area contributed by atoms with Gasteiger partial charge in [0.05, 0.1) is 0 Å². The molecule has 27 heavy (non-hydrogen) atoms. The van der Waals surface area contributed by atoms with E-state index in [0.717, 1.165) is 57.2 Å². The molecule has 1 fully saturated rings. The molecule has 1 aliphatic heterocycles. The third-order valence-corrected chi connectivity index (χ3v) is 5.66. The maximum atomic E-state index is 12.8. The van der Waals surface area contributed by atoms with Gasteiger partial charge in [-0.25, -0.2) is 0 Å². The van der Waals surface area contributed by atoms with E-state index in [0.29, 0.717) is 22.6 Å². The van der Waals surface area contributed by atoms with Crippen LogP contribution in [0.15, 0.2) is 28.8 Å². The molecule has 0 N–H and O–H groups in total. The van der Waals surface area contributed by atoms with Crippen molar-refractivity contribution in [2.75, 3.05) is 13.1 Å². The Kier molecular flexibility index (Phi) is 6.89. The summed E-state index contributed by atoms with van der Waals surface area (Å²) >= 11 is 6.04. The number of benzene rings is 1. The number of amides is 1. The standard InChI is InChI=1S/C21H28ClN3O2/c1-3-5-7-15(4-2)21(26)25-12-10-16(11-13-25)20-23-19(24-27-20)17-8-6-9-18(22)14-17/h6,8-9,14-16H,3-5,7,10-13H2,1-2H3. The van der Waals surface area contributed by atoms with Crippen LogP contribution in [0.5, 0.6) is 0 Å². The number of unbranched alkanes of at least 4 members (excludes halogenated alkanes) is 1. The third-order valence-electron chi connectivity index (χ3n) is 5.43. The lowest BCUT2D eigenvalue weighted by Crippen LogP contribution is -2.41. The van der Waals surface area contributed by atoms with E-state index in [4.69, 9.17) is 16.1 Å². The van der Waals surface area contributed by atoms with Gasteiger partial charge in [0.2, 0.25) is 17.6 Å². The van der Waals surface area contributed by atoms with Crippen molar-refractivity contribution in [2.45, 2.75) is 58.3 Å². The highest BCUT2D eigenvalue weighted by Gasteiger charge is 2.30. The predicted molar refractivity (Wildman–Crippen MR) is 107 cm³/mol. The molecule has 1 saturated heterocycles. The number of carbonyl (C=O) groups excluding carboxylic acids is 1. The van der Waals surface area contributed by atoms with Crippen LogP contribution in [0.3, 0.4) is 0 Å². The second-order valence-corrected chi connectivity index (χ2v) is 7.75. The number of hydrogen-bond donors (Lipinski definition) is 0. The van der Waals surface area contributed by atoms with E-state index in [1.54, 1.807) is 0 Å². The summed E-state index contributed by atoms with van der Waals surface area (Å²) in [5.41, 5.74) is 0.854. The van der Waals surface area contributed by atoms with Crippen LogP contribution in [0.2, 0.25) is 5.02 Å². The van der Waals surface area contributed by atoms with E-state index in [1.807, 2.05) is 29.2 Å². The first-order valence-corrected chi connectivity index (χ1v) is 10.4. The fourth-order valence-electron chi connectivity index (χ4n) is 3.70. The minimum absolute atomic E-state index is 0.166. The van der Waals surface area contributed by atoms with Crippen LogP contribution in [0.25, 0.3) is 11.4 Å². The minimum Gasteiger partial charge on any atom is -0.342 e. The fraction of sp³-hybridized carbons (Fsp3) is 0.571. The molecule has 0 radical (unpaired) electrons. The van der Waals surface area contributed by atoms with E-state index in [1.165, 1.54) is 0 Å². The van der Waals surface area contributed by atoms with Gasteiger partial charge in [-0.1, -0.05) is 55.6 Å². The molecular formula is C21H28ClN3O2. The van der Waals surface area contributed by atoms with Crippen LogP contribution in [0.1, 0.15) is 64.2 Å². The largest absolute Gasteiger partial charge is 0.342 e. The van der Waals surface area contributed by atoms with E-state index < -0.39 is 0 Å². The average Bonchev–Trinajstić information content (AvgIpc) is 3.19. The molecule has 3 rings (SSSR count). The summed E-state index contributed by atoms with van der Waals surface area (Å²) < 4.78 is 5.51. The molecule has 0 spiro atoms. The molecule has 2 heterocycles. The molecule has 1 aliphatic rings. The Morgan fingerprint density at radius 1 is 1.33 bits per heavy atom. The second kappa shape index (κ2) is 9.36. The Morgan fingerprint density at radius 2 is 2.11 bits per heavy atom. The number of hydrogen-bond acceptors (Lipinski definition) is 4. The Hall–Kier alpha value is -1.88. The van der Waals surface area contributed by atoms with Crippen molar-refractivity contribution in [3.8, 4) is 11.4 Å². The van der Waals surface area contributed by atoms with Gasteiger partial charge in [-0.05, 0) is 37.8 Å². The van der Waals surface area contributed by atoms with Crippen molar-refractivity contribution in [3.63, 3.8) is 0 Å². The number of nitrogens with zero attached hydrogens (tertiary/aromatic N) is 3. The zero-order valence-electron chi connectivity index (χ0n) is 16.2. The Labute approximate surface area is 166 Å². The first-order valence-electron chi connectivity index (χ1n) is 10.0. The maximum absolute atomic E-state index is 12.8. The summed E-state index contributed by atoms with van der Waals surface area (Å²) in [6.07, 6.45) is 5.91. The minimum atomic E-state index is 0.166. The van der Waals surface area contributed by atoms with Gasteiger partial charge in [0.1, 0.15) is 0 Å². The smallest absolute Gasteiger partial charge is 0.230 e. The van der Waals surface area contributed by atoms with Gasteiger partial charge < -0.3 is 9.42 Å². The monoisotopic (exact) mass is 389 g/mol. The molecule has 0 saturated carbocycles. The Morgan fingerprint density at radius 3 is 2.78 bits per heavy atom. The fourth-order valence-corrected chi connectivity index (χ4v) is 3.89. The van der Waals surface area contributed by atoms with Crippen LogP contribution < -0.4 is 0 Å². The maximum Gasteiger partial charge on any atom is 0.230 e. The zero-order chi connectivity index (χ0) is 19.2. The first kappa shape index (κ1) is 19.9. The normalized spacial score (nSPS) is 16.5. The van der Waals surface area contributed by atoms with E-state index in [2.05, 4.69) is 24.0 Å². The van der Waals surface area contributed by atoms with Crippen LogP contribution in [-0.4, -0.2) is 34.0 Å². The van der Waals surface area contributed by atoms with E-state index in [9.17, 15) is 4.79 Å². The zero-order valence-corrected chi connectivity index (χ0v) is 16.9. The highest BCUT2D eigenvalue weighted by Crippen LogP contribution is 2.30. The molecule has 1 unspecified atom stereocenters.